The van der Waals surface area contributed by atoms with E-state index in [0.717, 1.165) is 11.9 Å². The van der Waals surface area contributed by atoms with Gasteiger partial charge < -0.3 is 15.0 Å². The molecule has 0 fully saturated rings. The number of aromatic nitrogens is 3. The molecule has 2 aromatic carbocycles. The fourth-order valence-electron chi connectivity index (χ4n) is 3.36. The van der Waals surface area contributed by atoms with Crippen LogP contribution in [0.15, 0.2) is 54.6 Å². The first-order valence-corrected chi connectivity index (χ1v) is 9.65. The van der Waals surface area contributed by atoms with E-state index in [-0.39, 0.29) is 5.56 Å². The molecule has 0 aliphatic heterocycles. The molecule has 6 heteroatoms. The van der Waals surface area contributed by atoms with Crippen molar-refractivity contribution in [3.63, 3.8) is 0 Å². The summed E-state index contributed by atoms with van der Waals surface area (Å²) in [4.78, 5) is 22.4. The van der Waals surface area contributed by atoms with E-state index in [1.807, 2.05) is 67.8 Å². The highest BCUT2D eigenvalue weighted by Gasteiger charge is 2.28. The third-order valence-electron chi connectivity index (χ3n) is 4.66. The van der Waals surface area contributed by atoms with Gasteiger partial charge >= 0.3 is 5.97 Å². The minimum atomic E-state index is -0.633. The van der Waals surface area contributed by atoms with E-state index in [1.54, 1.807) is 0 Å². The number of ether oxygens (including phenoxy) is 1. The molecule has 2 aromatic heterocycles. The second-order valence-electron chi connectivity index (χ2n) is 8.03. The molecule has 4 aromatic rings. The van der Waals surface area contributed by atoms with Crippen LogP contribution in [0.5, 0.6) is 0 Å². The lowest BCUT2D eigenvalue weighted by Crippen LogP contribution is -2.24. The van der Waals surface area contributed by atoms with Crippen molar-refractivity contribution in [2.24, 2.45) is 0 Å². The topological polar surface area (TPSA) is 83.0 Å². The number of carbonyl (C=O) groups is 1. The van der Waals surface area contributed by atoms with Crippen LogP contribution in [-0.4, -0.2) is 26.1 Å². The van der Waals surface area contributed by atoms with E-state index in [0.29, 0.717) is 29.0 Å². The average molecular weight is 388 g/mol. The Labute approximate surface area is 169 Å². The number of para-hydroxylation sites is 2. The monoisotopic (exact) mass is 388 g/mol. The van der Waals surface area contributed by atoms with Gasteiger partial charge in [-0.25, -0.2) is 14.8 Å². The summed E-state index contributed by atoms with van der Waals surface area (Å²) in [5, 5.41) is 0. The number of nitrogens with two attached hydrogens (primary N) is 1. The molecule has 0 atom stereocenters. The average Bonchev–Trinajstić information content (AvgIpc) is 2.94. The van der Waals surface area contributed by atoms with Crippen LogP contribution in [0.3, 0.4) is 0 Å². The minimum absolute atomic E-state index is 0.279. The Kier molecular flexibility index (Phi) is 4.70. The lowest BCUT2D eigenvalue weighted by Gasteiger charge is -2.19. The van der Waals surface area contributed by atoms with Crippen molar-refractivity contribution in [2.45, 2.75) is 39.3 Å². The van der Waals surface area contributed by atoms with E-state index in [9.17, 15) is 4.79 Å². The molecule has 0 saturated heterocycles. The molecule has 0 bridgehead atoms. The van der Waals surface area contributed by atoms with Crippen molar-refractivity contribution in [3.8, 4) is 0 Å². The van der Waals surface area contributed by atoms with Gasteiger partial charge in [0.2, 0.25) is 0 Å². The first-order chi connectivity index (χ1) is 13.8. The van der Waals surface area contributed by atoms with Crippen LogP contribution in [0, 0.1) is 0 Å². The van der Waals surface area contributed by atoms with Crippen LogP contribution in [0.25, 0.3) is 22.2 Å². The number of hydrogen-bond acceptors (Lipinski definition) is 5. The molecule has 0 aliphatic rings. The van der Waals surface area contributed by atoms with Gasteiger partial charge in [0.15, 0.2) is 5.65 Å². The van der Waals surface area contributed by atoms with Crippen LogP contribution in [0.2, 0.25) is 0 Å². The Bertz CT molecular complexity index is 1190. The fourth-order valence-corrected chi connectivity index (χ4v) is 3.36. The standard InChI is InChI=1S/C23H24N4O2/c1-23(2,3)29-22(28)18-19-21(26-17-12-8-7-11-16(17)25-19)27(20(18)24)14-13-15-9-5-4-6-10-15/h4-12H,13-14,24H2,1-3H3. The van der Waals surface area contributed by atoms with Crippen LogP contribution >= 0.6 is 0 Å². The number of rotatable bonds is 4. The smallest absolute Gasteiger partial charge is 0.344 e. The Morgan fingerprint density at radius 1 is 1.00 bits per heavy atom. The van der Waals surface area contributed by atoms with Crippen molar-refractivity contribution in [1.82, 2.24) is 14.5 Å². The molecule has 6 nitrogen and oxygen atoms in total. The predicted octanol–water partition coefficient (Wildman–Crippen LogP) is 4.36. The summed E-state index contributed by atoms with van der Waals surface area (Å²) in [6.45, 7) is 6.08. The van der Waals surface area contributed by atoms with Gasteiger partial charge in [0, 0.05) is 6.54 Å². The van der Waals surface area contributed by atoms with Gasteiger partial charge in [0.05, 0.1) is 11.0 Å². The Morgan fingerprint density at radius 3 is 2.28 bits per heavy atom. The van der Waals surface area contributed by atoms with Gasteiger partial charge in [0.1, 0.15) is 22.5 Å². The van der Waals surface area contributed by atoms with Crippen molar-refractivity contribution < 1.29 is 9.53 Å². The van der Waals surface area contributed by atoms with Gasteiger partial charge in [-0.2, -0.15) is 0 Å². The van der Waals surface area contributed by atoms with Crippen molar-refractivity contribution in [2.75, 3.05) is 5.73 Å². The molecule has 0 spiro atoms. The maximum absolute atomic E-state index is 12.9. The van der Waals surface area contributed by atoms with Crippen LogP contribution in [0.4, 0.5) is 5.82 Å². The van der Waals surface area contributed by atoms with Gasteiger partial charge in [-0.3, -0.25) is 0 Å². The number of nitrogens with zero attached hydrogens (tertiary/aromatic N) is 3. The molecular formula is C23H24N4O2. The molecule has 0 aliphatic carbocycles. The number of aryl methyl sites for hydroxylation is 2. The number of carbonyl (C=O) groups excluding carboxylic acids is 1. The second-order valence-corrected chi connectivity index (χ2v) is 8.03. The third-order valence-corrected chi connectivity index (χ3v) is 4.66. The molecule has 29 heavy (non-hydrogen) atoms. The SMILES string of the molecule is CC(C)(C)OC(=O)c1c(N)n(CCc2ccccc2)c2nc3ccccc3nc12. The highest BCUT2D eigenvalue weighted by atomic mass is 16.6. The molecule has 0 unspecified atom stereocenters. The summed E-state index contributed by atoms with van der Waals surface area (Å²) in [5.74, 6) is -0.150. The normalized spacial score (nSPS) is 11.8. The van der Waals surface area contributed by atoms with Crippen molar-refractivity contribution in [1.29, 1.82) is 0 Å². The number of hydrogen-bond donors (Lipinski definition) is 1. The summed E-state index contributed by atoms with van der Waals surface area (Å²) in [6, 6.07) is 17.7. The molecule has 148 valence electrons. The zero-order valence-electron chi connectivity index (χ0n) is 16.8. The van der Waals surface area contributed by atoms with E-state index < -0.39 is 11.6 Å². The molecule has 4 rings (SSSR count). The van der Waals surface area contributed by atoms with Gasteiger partial charge in [0.25, 0.3) is 0 Å². The lowest BCUT2D eigenvalue weighted by molar-refractivity contribution is 0.00727. The Balaban J connectivity index is 1.86. The minimum Gasteiger partial charge on any atom is -0.456 e. The number of nitrogen functional groups attached to an aromatic ring is 1. The zero-order chi connectivity index (χ0) is 20.6. The maximum atomic E-state index is 12.9. The first kappa shape index (κ1) is 18.9. The van der Waals surface area contributed by atoms with Crippen molar-refractivity contribution >= 4 is 34.0 Å². The molecular weight excluding hydrogens is 364 g/mol. The highest BCUT2D eigenvalue weighted by Crippen LogP contribution is 2.30. The largest absolute Gasteiger partial charge is 0.456 e. The first-order valence-electron chi connectivity index (χ1n) is 9.65. The predicted molar refractivity (Wildman–Crippen MR) is 115 cm³/mol. The molecule has 0 amide bonds. The fraction of sp³-hybridized carbons (Fsp3) is 0.261. The van der Waals surface area contributed by atoms with E-state index in [2.05, 4.69) is 12.1 Å². The Hall–Kier alpha value is -3.41. The molecule has 2 heterocycles. The number of fused-ring (bicyclic) bond motifs is 2. The number of esters is 1. The van der Waals surface area contributed by atoms with Crippen LogP contribution < -0.4 is 5.73 Å². The summed E-state index contributed by atoms with van der Waals surface area (Å²) in [6.07, 6.45) is 0.761. The van der Waals surface area contributed by atoms with E-state index in [1.165, 1.54) is 5.56 Å². The Morgan fingerprint density at radius 2 is 1.62 bits per heavy atom. The third kappa shape index (κ3) is 3.78. The summed E-state index contributed by atoms with van der Waals surface area (Å²) < 4.78 is 7.46. The number of benzene rings is 2. The molecule has 0 radical (unpaired) electrons. The van der Waals surface area contributed by atoms with Gasteiger partial charge in [-0.15, -0.1) is 0 Å². The van der Waals surface area contributed by atoms with Crippen LogP contribution in [0.1, 0.15) is 36.7 Å². The van der Waals surface area contributed by atoms with E-state index >= 15 is 0 Å². The highest BCUT2D eigenvalue weighted by molar-refractivity contribution is 6.08. The van der Waals surface area contributed by atoms with Gasteiger partial charge in [-0.05, 0) is 44.9 Å². The summed E-state index contributed by atoms with van der Waals surface area (Å²) >= 11 is 0. The van der Waals surface area contributed by atoms with Gasteiger partial charge in [-0.1, -0.05) is 42.5 Å². The zero-order valence-corrected chi connectivity index (χ0v) is 16.8. The molecule has 0 saturated carbocycles. The second kappa shape index (κ2) is 7.20. The van der Waals surface area contributed by atoms with Crippen LogP contribution in [-0.2, 0) is 17.7 Å². The quantitative estimate of drug-likeness (QED) is 0.525. The van der Waals surface area contributed by atoms with E-state index in [4.69, 9.17) is 20.4 Å². The maximum Gasteiger partial charge on any atom is 0.344 e. The number of anilines is 1. The summed E-state index contributed by atoms with van der Waals surface area (Å²) in [5.41, 5.74) is 9.82. The molecule has 2 N–H and O–H groups in total. The lowest BCUT2D eigenvalue weighted by atomic mass is 10.1. The van der Waals surface area contributed by atoms with Crippen molar-refractivity contribution in [3.05, 3.63) is 65.7 Å². The summed E-state index contributed by atoms with van der Waals surface area (Å²) in [7, 11) is 0.